The van der Waals surface area contributed by atoms with Crippen molar-refractivity contribution in [1.82, 2.24) is 10.2 Å². The first-order valence-electron chi connectivity index (χ1n) is 5.46. The van der Waals surface area contributed by atoms with Gasteiger partial charge in [-0.3, -0.25) is 4.79 Å². The molecule has 0 spiro atoms. The van der Waals surface area contributed by atoms with E-state index in [-0.39, 0.29) is 18.1 Å². The van der Waals surface area contributed by atoms with E-state index in [0.717, 1.165) is 13.1 Å². The second kappa shape index (κ2) is 4.83. The molecule has 2 fully saturated rings. The summed E-state index contributed by atoms with van der Waals surface area (Å²) in [5.41, 5.74) is -0.277. The van der Waals surface area contributed by atoms with Gasteiger partial charge in [0.15, 0.2) is 0 Å². The van der Waals surface area contributed by atoms with Crippen LogP contribution in [0.25, 0.3) is 0 Å². The van der Waals surface area contributed by atoms with Crippen molar-refractivity contribution >= 4 is 23.6 Å². The number of rotatable bonds is 4. The van der Waals surface area contributed by atoms with E-state index in [2.05, 4.69) is 5.32 Å². The molecule has 0 aromatic rings. The first kappa shape index (κ1) is 12.7. The Hall–Kier alpha value is -0.790. The number of carboxylic acid groups (broad SMARTS) is 1. The summed E-state index contributed by atoms with van der Waals surface area (Å²) >= 11 is 1.46. The fourth-order valence-corrected chi connectivity index (χ4v) is 2.96. The van der Waals surface area contributed by atoms with Crippen LogP contribution in [0.1, 0.15) is 6.92 Å². The lowest BCUT2D eigenvalue weighted by Crippen LogP contribution is -2.60. The predicted octanol–water partition coefficient (Wildman–Crippen LogP) is -0.649. The molecule has 7 heteroatoms. The van der Waals surface area contributed by atoms with Crippen LogP contribution in [0.2, 0.25) is 0 Å². The highest BCUT2D eigenvalue weighted by molar-refractivity contribution is 7.99. The number of carbonyl (C=O) groups is 2. The molecule has 2 saturated heterocycles. The van der Waals surface area contributed by atoms with Crippen molar-refractivity contribution < 1.29 is 19.4 Å². The Kier molecular flexibility index (Phi) is 3.60. The van der Waals surface area contributed by atoms with Gasteiger partial charge >= 0.3 is 5.97 Å². The summed E-state index contributed by atoms with van der Waals surface area (Å²) in [6.07, 6.45) is 0. The predicted molar refractivity (Wildman–Crippen MR) is 62.8 cm³/mol. The summed E-state index contributed by atoms with van der Waals surface area (Å²) < 4.78 is 5.51. The molecule has 0 aromatic carbocycles. The number of hydrogen-bond acceptors (Lipinski definition) is 5. The van der Waals surface area contributed by atoms with Gasteiger partial charge in [0.05, 0.1) is 11.5 Å². The maximum absolute atomic E-state index is 11.9. The van der Waals surface area contributed by atoms with E-state index >= 15 is 0 Å². The van der Waals surface area contributed by atoms with Gasteiger partial charge < -0.3 is 20.1 Å². The molecular formula is C10H16N2O4S. The maximum atomic E-state index is 11.9. The minimum absolute atomic E-state index is 0.0392. The highest BCUT2D eigenvalue weighted by Gasteiger charge is 2.37. The zero-order chi connectivity index (χ0) is 12.5. The van der Waals surface area contributed by atoms with Crippen molar-refractivity contribution in [3.63, 3.8) is 0 Å². The lowest BCUT2D eigenvalue weighted by molar-refractivity contribution is -0.154. The van der Waals surface area contributed by atoms with Gasteiger partial charge in [0.2, 0.25) is 5.91 Å². The van der Waals surface area contributed by atoms with Crippen molar-refractivity contribution in [2.45, 2.75) is 18.6 Å². The van der Waals surface area contributed by atoms with Crippen molar-refractivity contribution in [2.75, 3.05) is 31.3 Å². The van der Waals surface area contributed by atoms with Crippen molar-refractivity contribution in [3.05, 3.63) is 0 Å². The lowest BCUT2D eigenvalue weighted by Gasteiger charge is -2.39. The Balaban J connectivity index is 1.84. The van der Waals surface area contributed by atoms with Crippen LogP contribution in [0.3, 0.4) is 0 Å². The molecule has 2 aliphatic heterocycles. The van der Waals surface area contributed by atoms with E-state index in [9.17, 15) is 9.59 Å². The monoisotopic (exact) mass is 260 g/mol. The molecule has 2 heterocycles. The average molecular weight is 260 g/mol. The summed E-state index contributed by atoms with van der Waals surface area (Å²) in [6, 6.07) is -0.705. The second-order valence-corrected chi connectivity index (χ2v) is 5.56. The molecular weight excluding hydrogens is 244 g/mol. The molecule has 6 nitrogen and oxygen atoms in total. The molecule has 0 saturated carbocycles. The fraction of sp³-hybridized carbons (Fsp3) is 0.800. The Morgan fingerprint density at radius 2 is 2.29 bits per heavy atom. The zero-order valence-corrected chi connectivity index (χ0v) is 10.5. The maximum Gasteiger partial charge on any atom is 0.327 e. The molecule has 1 amide bonds. The molecule has 2 rings (SSSR count). The van der Waals surface area contributed by atoms with Crippen LogP contribution in [0.15, 0.2) is 0 Å². The molecule has 96 valence electrons. The molecule has 0 aliphatic carbocycles. The SMILES string of the molecule is CC1(OCC(=O)N2CSC[C@H]2C(=O)O)CNC1. The molecule has 0 radical (unpaired) electrons. The number of aliphatic carboxylic acids is 1. The number of carbonyl (C=O) groups excluding carboxylic acids is 1. The number of ether oxygens (including phenoxy) is 1. The number of nitrogens with one attached hydrogen (secondary N) is 1. The third kappa shape index (κ3) is 2.72. The summed E-state index contributed by atoms with van der Waals surface area (Å²) in [6.45, 7) is 3.36. The van der Waals surface area contributed by atoms with Crippen LogP contribution in [-0.2, 0) is 14.3 Å². The average Bonchev–Trinajstić information content (AvgIpc) is 2.72. The number of hydrogen-bond donors (Lipinski definition) is 2. The summed E-state index contributed by atoms with van der Waals surface area (Å²) in [7, 11) is 0. The van der Waals surface area contributed by atoms with E-state index in [1.54, 1.807) is 0 Å². The highest BCUT2D eigenvalue weighted by Crippen LogP contribution is 2.22. The largest absolute Gasteiger partial charge is 0.480 e. The van der Waals surface area contributed by atoms with Crippen LogP contribution in [0.4, 0.5) is 0 Å². The van der Waals surface area contributed by atoms with Crippen LogP contribution < -0.4 is 5.32 Å². The van der Waals surface area contributed by atoms with Crippen LogP contribution >= 0.6 is 11.8 Å². The normalized spacial score (nSPS) is 26.6. The number of nitrogens with zero attached hydrogens (tertiary/aromatic N) is 1. The molecule has 2 N–H and O–H groups in total. The molecule has 1 atom stereocenters. The van der Waals surface area contributed by atoms with Crippen LogP contribution in [0, 0.1) is 0 Å². The molecule has 0 aromatic heterocycles. The van der Waals surface area contributed by atoms with E-state index < -0.39 is 12.0 Å². The van der Waals surface area contributed by atoms with Gasteiger partial charge in [0.1, 0.15) is 12.6 Å². The first-order chi connectivity index (χ1) is 8.02. The van der Waals surface area contributed by atoms with Crippen molar-refractivity contribution in [1.29, 1.82) is 0 Å². The summed E-state index contributed by atoms with van der Waals surface area (Å²) in [4.78, 5) is 24.2. The topological polar surface area (TPSA) is 78.9 Å². The highest BCUT2D eigenvalue weighted by atomic mass is 32.2. The smallest absolute Gasteiger partial charge is 0.327 e. The van der Waals surface area contributed by atoms with Crippen molar-refractivity contribution in [3.8, 4) is 0 Å². The number of thioether (sulfide) groups is 1. The fourth-order valence-electron chi connectivity index (χ4n) is 1.79. The van der Waals surface area contributed by atoms with E-state index in [1.165, 1.54) is 16.7 Å². The van der Waals surface area contributed by atoms with Gasteiger partial charge in [-0.1, -0.05) is 0 Å². The molecule has 0 bridgehead atoms. The summed E-state index contributed by atoms with van der Waals surface area (Å²) in [5.74, 6) is -0.288. The minimum Gasteiger partial charge on any atom is -0.480 e. The number of carboxylic acids is 1. The molecule has 17 heavy (non-hydrogen) atoms. The number of amides is 1. The molecule has 2 aliphatic rings. The zero-order valence-electron chi connectivity index (χ0n) is 9.64. The Morgan fingerprint density at radius 1 is 1.59 bits per heavy atom. The van der Waals surface area contributed by atoms with Gasteiger partial charge in [-0.05, 0) is 6.92 Å². The Morgan fingerprint density at radius 3 is 2.82 bits per heavy atom. The second-order valence-electron chi connectivity index (χ2n) is 4.56. The van der Waals surface area contributed by atoms with Gasteiger partial charge in [-0.2, -0.15) is 0 Å². The lowest BCUT2D eigenvalue weighted by atomic mass is 10.0. The summed E-state index contributed by atoms with van der Waals surface area (Å²) in [5, 5.41) is 12.0. The third-order valence-corrected chi connectivity index (χ3v) is 4.04. The van der Waals surface area contributed by atoms with Gasteiger partial charge in [0.25, 0.3) is 0 Å². The van der Waals surface area contributed by atoms with Gasteiger partial charge in [0, 0.05) is 18.8 Å². The van der Waals surface area contributed by atoms with E-state index in [4.69, 9.17) is 9.84 Å². The third-order valence-electron chi connectivity index (χ3n) is 3.03. The minimum atomic E-state index is -0.945. The van der Waals surface area contributed by atoms with E-state index in [1.807, 2.05) is 6.92 Å². The van der Waals surface area contributed by atoms with Crippen LogP contribution in [-0.4, -0.2) is 64.9 Å². The van der Waals surface area contributed by atoms with Gasteiger partial charge in [-0.25, -0.2) is 4.79 Å². The quantitative estimate of drug-likeness (QED) is 0.699. The first-order valence-corrected chi connectivity index (χ1v) is 6.62. The molecule has 0 unspecified atom stereocenters. The van der Waals surface area contributed by atoms with E-state index in [0.29, 0.717) is 11.6 Å². The Bertz CT molecular complexity index is 332. The van der Waals surface area contributed by atoms with Crippen LogP contribution in [0.5, 0.6) is 0 Å². The van der Waals surface area contributed by atoms with Gasteiger partial charge in [-0.15, -0.1) is 11.8 Å². The Labute approximate surface area is 104 Å². The van der Waals surface area contributed by atoms with Crippen molar-refractivity contribution in [2.24, 2.45) is 0 Å². The standard InChI is InChI=1S/C10H16N2O4S/c1-10(4-11-5-10)16-2-8(13)12-6-17-3-7(12)9(14)15/h7,11H,2-6H2,1H3,(H,14,15)/t7-/m0/s1.